The summed E-state index contributed by atoms with van der Waals surface area (Å²) >= 11 is 1.80. The molecule has 1 heterocycles. The Morgan fingerprint density at radius 1 is 1.26 bits per heavy atom. The standard InChI is InChI=1S/C16H20FNS/c1-4-8-18-16(13-6-5-7-14(17)10-13)15-9-11(2)19-12(15)3/h5-7,9-10,16,18H,4,8H2,1-3H3. The Morgan fingerprint density at radius 3 is 2.63 bits per heavy atom. The minimum atomic E-state index is -0.176. The number of nitrogens with one attached hydrogen (secondary N) is 1. The number of halogens is 1. The summed E-state index contributed by atoms with van der Waals surface area (Å²) in [6, 6.07) is 9.17. The van der Waals surface area contributed by atoms with Gasteiger partial charge in [0.05, 0.1) is 6.04 Å². The molecule has 1 nitrogen and oxygen atoms in total. The fraction of sp³-hybridized carbons (Fsp3) is 0.375. The zero-order valence-corrected chi connectivity index (χ0v) is 12.5. The van der Waals surface area contributed by atoms with Crippen molar-refractivity contribution in [1.29, 1.82) is 0 Å². The van der Waals surface area contributed by atoms with Gasteiger partial charge < -0.3 is 5.32 Å². The minimum Gasteiger partial charge on any atom is -0.306 e. The van der Waals surface area contributed by atoms with Crippen LogP contribution < -0.4 is 5.32 Å². The highest BCUT2D eigenvalue weighted by molar-refractivity contribution is 7.12. The van der Waals surface area contributed by atoms with Gasteiger partial charge in [-0.1, -0.05) is 19.1 Å². The van der Waals surface area contributed by atoms with Gasteiger partial charge in [-0.15, -0.1) is 11.3 Å². The van der Waals surface area contributed by atoms with Crippen molar-refractivity contribution in [2.75, 3.05) is 6.54 Å². The Balaban J connectivity index is 2.38. The molecule has 3 heteroatoms. The average molecular weight is 277 g/mol. The van der Waals surface area contributed by atoms with Crippen molar-refractivity contribution >= 4 is 11.3 Å². The molecule has 2 rings (SSSR count). The van der Waals surface area contributed by atoms with E-state index in [1.807, 2.05) is 6.07 Å². The van der Waals surface area contributed by atoms with Gasteiger partial charge in [-0.3, -0.25) is 0 Å². The zero-order chi connectivity index (χ0) is 13.8. The van der Waals surface area contributed by atoms with Crippen molar-refractivity contribution < 1.29 is 4.39 Å². The predicted octanol–water partition coefficient (Wildman–Crippen LogP) is 4.59. The molecule has 0 saturated heterocycles. The molecule has 0 spiro atoms. The summed E-state index contributed by atoms with van der Waals surface area (Å²) < 4.78 is 13.4. The Hall–Kier alpha value is -1.19. The third-order valence-corrected chi connectivity index (χ3v) is 4.15. The van der Waals surface area contributed by atoms with Gasteiger partial charge in [0.1, 0.15) is 5.82 Å². The summed E-state index contributed by atoms with van der Waals surface area (Å²) in [4.78, 5) is 2.60. The van der Waals surface area contributed by atoms with Crippen LogP contribution in [0.5, 0.6) is 0 Å². The van der Waals surface area contributed by atoms with Crippen molar-refractivity contribution in [3.8, 4) is 0 Å². The number of rotatable bonds is 5. The van der Waals surface area contributed by atoms with E-state index in [0.717, 1.165) is 18.5 Å². The molecule has 102 valence electrons. The van der Waals surface area contributed by atoms with Gasteiger partial charge in [0.25, 0.3) is 0 Å². The lowest BCUT2D eigenvalue weighted by Crippen LogP contribution is -2.23. The largest absolute Gasteiger partial charge is 0.306 e. The van der Waals surface area contributed by atoms with E-state index in [4.69, 9.17) is 0 Å². The number of thiophene rings is 1. The fourth-order valence-corrected chi connectivity index (χ4v) is 3.28. The molecular weight excluding hydrogens is 257 g/mol. The molecule has 19 heavy (non-hydrogen) atoms. The molecule has 1 unspecified atom stereocenters. The van der Waals surface area contributed by atoms with Crippen LogP contribution in [-0.2, 0) is 0 Å². The smallest absolute Gasteiger partial charge is 0.123 e. The summed E-state index contributed by atoms with van der Waals surface area (Å²) in [6.45, 7) is 7.31. The Bertz CT molecular complexity index is 547. The first-order chi connectivity index (χ1) is 9.11. The van der Waals surface area contributed by atoms with Crippen LogP contribution in [0.15, 0.2) is 30.3 Å². The van der Waals surface area contributed by atoms with Crippen LogP contribution in [0.3, 0.4) is 0 Å². The Labute approximate surface area is 118 Å². The normalized spacial score (nSPS) is 12.6. The monoisotopic (exact) mass is 277 g/mol. The van der Waals surface area contributed by atoms with Gasteiger partial charge in [-0.25, -0.2) is 4.39 Å². The maximum atomic E-state index is 13.4. The van der Waals surface area contributed by atoms with Crippen molar-refractivity contribution in [3.05, 3.63) is 57.0 Å². The van der Waals surface area contributed by atoms with Crippen molar-refractivity contribution in [2.45, 2.75) is 33.2 Å². The molecule has 2 aromatic rings. The highest BCUT2D eigenvalue weighted by Crippen LogP contribution is 2.30. The lowest BCUT2D eigenvalue weighted by molar-refractivity contribution is 0.585. The van der Waals surface area contributed by atoms with Gasteiger partial charge in [-0.05, 0) is 56.1 Å². The molecule has 0 amide bonds. The minimum absolute atomic E-state index is 0.0839. The summed E-state index contributed by atoms with van der Waals surface area (Å²) in [6.07, 6.45) is 1.06. The van der Waals surface area contributed by atoms with Crippen molar-refractivity contribution in [1.82, 2.24) is 5.32 Å². The molecule has 0 bridgehead atoms. The van der Waals surface area contributed by atoms with Crippen molar-refractivity contribution in [3.63, 3.8) is 0 Å². The molecule has 1 aromatic carbocycles. The number of hydrogen-bond acceptors (Lipinski definition) is 2. The highest BCUT2D eigenvalue weighted by Gasteiger charge is 2.17. The maximum absolute atomic E-state index is 13.4. The molecule has 1 atom stereocenters. The number of aryl methyl sites for hydroxylation is 2. The molecule has 1 N–H and O–H groups in total. The van der Waals surface area contributed by atoms with Gasteiger partial charge in [0, 0.05) is 9.75 Å². The van der Waals surface area contributed by atoms with Crippen LogP contribution in [0.4, 0.5) is 4.39 Å². The topological polar surface area (TPSA) is 12.0 Å². The quantitative estimate of drug-likeness (QED) is 0.842. The third kappa shape index (κ3) is 3.43. The molecule has 1 aromatic heterocycles. The number of hydrogen-bond donors (Lipinski definition) is 1. The molecule has 0 aliphatic carbocycles. The molecule has 0 aliphatic heterocycles. The van der Waals surface area contributed by atoms with Crippen LogP contribution in [0.1, 0.15) is 40.3 Å². The second-order valence-corrected chi connectivity index (χ2v) is 6.27. The second-order valence-electron chi connectivity index (χ2n) is 4.81. The SMILES string of the molecule is CCCNC(c1cccc(F)c1)c1cc(C)sc1C. The van der Waals surface area contributed by atoms with E-state index in [0.29, 0.717) is 0 Å². The second kappa shape index (κ2) is 6.31. The highest BCUT2D eigenvalue weighted by atomic mass is 32.1. The molecule has 0 fully saturated rings. The molecule has 0 saturated carbocycles. The molecule has 0 aliphatic rings. The van der Waals surface area contributed by atoms with E-state index in [9.17, 15) is 4.39 Å². The van der Waals surface area contributed by atoms with Crippen LogP contribution in [0.2, 0.25) is 0 Å². The summed E-state index contributed by atoms with van der Waals surface area (Å²) in [5, 5.41) is 3.52. The van der Waals surface area contributed by atoms with E-state index in [1.54, 1.807) is 23.5 Å². The van der Waals surface area contributed by atoms with Crippen LogP contribution >= 0.6 is 11.3 Å². The van der Waals surface area contributed by atoms with Gasteiger partial charge >= 0.3 is 0 Å². The first-order valence-corrected chi connectivity index (χ1v) is 7.49. The third-order valence-electron chi connectivity index (χ3n) is 3.17. The van der Waals surface area contributed by atoms with Crippen LogP contribution in [-0.4, -0.2) is 6.54 Å². The Kier molecular flexibility index (Phi) is 4.72. The lowest BCUT2D eigenvalue weighted by Gasteiger charge is -2.19. The number of benzene rings is 1. The van der Waals surface area contributed by atoms with Gasteiger partial charge in [-0.2, -0.15) is 0 Å². The predicted molar refractivity (Wildman–Crippen MR) is 80.3 cm³/mol. The Morgan fingerprint density at radius 2 is 2.05 bits per heavy atom. The van der Waals surface area contributed by atoms with E-state index < -0.39 is 0 Å². The van der Waals surface area contributed by atoms with Crippen LogP contribution in [0.25, 0.3) is 0 Å². The average Bonchev–Trinajstić information content (AvgIpc) is 2.69. The summed E-state index contributed by atoms with van der Waals surface area (Å²) in [5.74, 6) is -0.176. The van der Waals surface area contributed by atoms with E-state index in [-0.39, 0.29) is 11.9 Å². The van der Waals surface area contributed by atoms with Crippen LogP contribution in [0, 0.1) is 19.7 Å². The van der Waals surface area contributed by atoms with E-state index >= 15 is 0 Å². The van der Waals surface area contributed by atoms with E-state index in [2.05, 4.69) is 32.2 Å². The summed E-state index contributed by atoms with van der Waals surface area (Å²) in [7, 11) is 0. The fourth-order valence-electron chi connectivity index (χ4n) is 2.32. The van der Waals surface area contributed by atoms with E-state index in [1.165, 1.54) is 21.4 Å². The van der Waals surface area contributed by atoms with Gasteiger partial charge in [0.2, 0.25) is 0 Å². The lowest BCUT2D eigenvalue weighted by atomic mass is 9.99. The first-order valence-electron chi connectivity index (χ1n) is 6.67. The molecular formula is C16H20FNS. The zero-order valence-electron chi connectivity index (χ0n) is 11.7. The van der Waals surface area contributed by atoms with Crippen molar-refractivity contribution in [2.24, 2.45) is 0 Å². The summed E-state index contributed by atoms with van der Waals surface area (Å²) in [5.41, 5.74) is 2.26. The maximum Gasteiger partial charge on any atom is 0.123 e. The first kappa shape index (κ1) is 14.2. The molecule has 0 radical (unpaired) electrons. The van der Waals surface area contributed by atoms with Gasteiger partial charge in [0.15, 0.2) is 0 Å².